The first-order valence-corrected chi connectivity index (χ1v) is 5.01. The molecule has 0 bridgehead atoms. The van der Waals surface area contributed by atoms with Gasteiger partial charge in [0.2, 0.25) is 10.9 Å². The standard InChI is InChI=1S/C8H11NO4S/c1-5-3-7(10)6(9-14(11)12)4-8(5)13-2/h3-4,10,14H,1-2H3,(H,9,11,12). The van der Waals surface area contributed by atoms with Crippen LogP contribution in [0.2, 0.25) is 0 Å². The molecule has 6 heteroatoms. The Hall–Kier alpha value is -1.43. The van der Waals surface area contributed by atoms with E-state index in [0.717, 1.165) is 5.56 Å². The number of hydrogen-bond donors (Lipinski definition) is 3. The third kappa shape index (κ3) is 2.29. The fraction of sp³-hybridized carbons (Fsp3) is 0.250. The molecule has 0 aliphatic heterocycles. The van der Waals surface area contributed by atoms with Crippen LogP contribution in [0.3, 0.4) is 0 Å². The predicted molar refractivity (Wildman–Crippen MR) is 53.3 cm³/mol. The Bertz CT molecular complexity index is 406. The predicted octanol–water partition coefficient (Wildman–Crippen LogP) is 0.648. The van der Waals surface area contributed by atoms with E-state index < -0.39 is 10.9 Å². The molecule has 14 heavy (non-hydrogen) atoms. The lowest BCUT2D eigenvalue weighted by atomic mass is 10.2. The van der Waals surface area contributed by atoms with Gasteiger partial charge in [-0.25, -0.2) is 8.42 Å². The number of ether oxygens (including phenoxy) is 1. The van der Waals surface area contributed by atoms with Gasteiger partial charge < -0.3 is 9.84 Å². The number of nitrogens with one attached hydrogen (secondary N) is 1. The van der Waals surface area contributed by atoms with Crippen molar-refractivity contribution < 1.29 is 18.3 Å². The summed E-state index contributed by atoms with van der Waals surface area (Å²) in [7, 11) is -1.31. The molecule has 0 aliphatic rings. The highest BCUT2D eigenvalue weighted by Gasteiger charge is 2.06. The first kappa shape index (κ1) is 10.6. The van der Waals surface area contributed by atoms with Gasteiger partial charge in [-0.15, -0.1) is 0 Å². The largest absolute Gasteiger partial charge is 0.506 e. The number of methoxy groups -OCH3 is 1. The maximum absolute atomic E-state index is 10.4. The van der Waals surface area contributed by atoms with E-state index in [1.54, 1.807) is 6.92 Å². The van der Waals surface area contributed by atoms with Gasteiger partial charge in [0.05, 0.1) is 12.8 Å². The van der Waals surface area contributed by atoms with Crippen LogP contribution in [0.25, 0.3) is 0 Å². The number of anilines is 1. The van der Waals surface area contributed by atoms with E-state index in [0.29, 0.717) is 5.75 Å². The van der Waals surface area contributed by atoms with Crippen molar-refractivity contribution in [2.24, 2.45) is 0 Å². The lowest BCUT2D eigenvalue weighted by Gasteiger charge is -2.08. The maximum atomic E-state index is 10.4. The number of phenolic OH excluding ortho intramolecular Hbond substituents is 1. The molecule has 1 rings (SSSR count). The van der Waals surface area contributed by atoms with Crippen LogP contribution in [0.4, 0.5) is 5.69 Å². The summed E-state index contributed by atoms with van der Waals surface area (Å²) in [4.78, 5) is 0. The highest BCUT2D eigenvalue weighted by atomic mass is 32.2. The molecule has 1 aromatic rings. The van der Waals surface area contributed by atoms with Crippen LogP contribution in [0.15, 0.2) is 12.1 Å². The summed E-state index contributed by atoms with van der Waals surface area (Å²) in [5.74, 6) is 0.393. The zero-order valence-corrected chi connectivity index (χ0v) is 8.67. The van der Waals surface area contributed by atoms with Gasteiger partial charge in [-0.3, -0.25) is 4.72 Å². The molecule has 0 unspecified atom stereocenters. The maximum Gasteiger partial charge on any atom is 0.222 e. The molecule has 1 aromatic carbocycles. The van der Waals surface area contributed by atoms with Gasteiger partial charge in [-0.05, 0) is 18.6 Å². The Balaban J connectivity index is 3.16. The molecular weight excluding hydrogens is 206 g/mol. The fourth-order valence-electron chi connectivity index (χ4n) is 1.08. The second-order valence-electron chi connectivity index (χ2n) is 2.71. The van der Waals surface area contributed by atoms with Crippen LogP contribution in [0.1, 0.15) is 5.56 Å². The Morgan fingerprint density at radius 1 is 1.43 bits per heavy atom. The van der Waals surface area contributed by atoms with Gasteiger partial charge in [0.15, 0.2) is 0 Å². The lowest BCUT2D eigenvalue weighted by Crippen LogP contribution is -1.97. The highest BCUT2D eigenvalue weighted by Crippen LogP contribution is 2.31. The van der Waals surface area contributed by atoms with Gasteiger partial charge in [0.25, 0.3) is 0 Å². The minimum absolute atomic E-state index is 0.114. The normalized spacial score (nSPS) is 10.2. The molecule has 2 N–H and O–H groups in total. The van der Waals surface area contributed by atoms with Crippen molar-refractivity contribution >= 4 is 16.6 Å². The molecular formula is C8H11NO4S. The number of rotatable bonds is 3. The molecule has 0 aromatic heterocycles. The Morgan fingerprint density at radius 2 is 2.07 bits per heavy atom. The van der Waals surface area contributed by atoms with Crippen LogP contribution in [-0.2, 0) is 10.9 Å². The van der Waals surface area contributed by atoms with Crippen LogP contribution in [0, 0.1) is 6.92 Å². The van der Waals surface area contributed by atoms with Crippen LogP contribution in [0.5, 0.6) is 11.5 Å². The zero-order chi connectivity index (χ0) is 10.7. The van der Waals surface area contributed by atoms with Crippen LogP contribution in [-0.4, -0.2) is 20.6 Å². The van der Waals surface area contributed by atoms with E-state index in [-0.39, 0.29) is 11.4 Å². The summed E-state index contributed by atoms with van der Waals surface area (Å²) in [6.07, 6.45) is 0. The second kappa shape index (κ2) is 4.19. The van der Waals surface area contributed by atoms with Gasteiger partial charge in [-0.2, -0.15) is 0 Å². The van der Waals surface area contributed by atoms with Crippen molar-refractivity contribution in [1.82, 2.24) is 0 Å². The van der Waals surface area contributed by atoms with Gasteiger partial charge in [0, 0.05) is 6.07 Å². The van der Waals surface area contributed by atoms with Crippen molar-refractivity contribution in [2.45, 2.75) is 6.92 Å². The molecule has 5 nitrogen and oxygen atoms in total. The number of benzene rings is 1. The number of aromatic hydroxyl groups is 1. The molecule has 0 saturated heterocycles. The Kier molecular flexibility index (Phi) is 3.19. The van der Waals surface area contributed by atoms with Gasteiger partial charge in [-0.1, -0.05) is 0 Å². The number of thiol groups is 1. The quantitative estimate of drug-likeness (QED) is 0.513. The van der Waals surface area contributed by atoms with Crippen LogP contribution < -0.4 is 9.46 Å². The first-order chi connectivity index (χ1) is 6.54. The number of hydrogen-bond acceptors (Lipinski definition) is 4. The Labute approximate surface area is 83.4 Å². The second-order valence-corrected chi connectivity index (χ2v) is 3.45. The molecule has 0 heterocycles. The van der Waals surface area contributed by atoms with Crippen molar-refractivity contribution in [2.75, 3.05) is 11.8 Å². The summed E-state index contributed by atoms with van der Waals surface area (Å²) < 4.78 is 27.8. The average molecular weight is 217 g/mol. The molecule has 78 valence electrons. The van der Waals surface area contributed by atoms with Crippen molar-refractivity contribution in [3.63, 3.8) is 0 Å². The van der Waals surface area contributed by atoms with Gasteiger partial charge in [0.1, 0.15) is 11.5 Å². The minimum atomic E-state index is -2.79. The number of phenols is 1. The van der Waals surface area contributed by atoms with Crippen LogP contribution >= 0.6 is 0 Å². The molecule has 0 spiro atoms. The SMILES string of the molecule is COc1cc(N[SH](=O)=O)c(O)cc1C. The van der Waals surface area contributed by atoms with E-state index in [4.69, 9.17) is 4.74 Å². The third-order valence-corrected chi connectivity index (χ3v) is 2.15. The third-order valence-electron chi connectivity index (χ3n) is 1.72. The van der Waals surface area contributed by atoms with E-state index in [9.17, 15) is 13.5 Å². The summed E-state index contributed by atoms with van der Waals surface area (Å²) in [6.45, 7) is 1.75. The van der Waals surface area contributed by atoms with Gasteiger partial charge >= 0.3 is 0 Å². The van der Waals surface area contributed by atoms with Crippen molar-refractivity contribution in [3.8, 4) is 11.5 Å². The summed E-state index contributed by atoms with van der Waals surface area (Å²) in [5.41, 5.74) is 0.847. The monoisotopic (exact) mass is 217 g/mol. The van der Waals surface area contributed by atoms with Crippen molar-refractivity contribution in [3.05, 3.63) is 17.7 Å². The average Bonchev–Trinajstić information content (AvgIpc) is 2.09. The Morgan fingerprint density at radius 3 is 2.57 bits per heavy atom. The van der Waals surface area contributed by atoms with E-state index in [2.05, 4.69) is 4.72 Å². The van der Waals surface area contributed by atoms with E-state index >= 15 is 0 Å². The lowest BCUT2D eigenvalue weighted by molar-refractivity contribution is 0.409. The molecule has 0 radical (unpaired) electrons. The minimum Gasteiger partial charge on any atom is -0.506 e. The number of aryl methyl sites for hydroxylation is 1. The summed E-state index contributed by atoms with van der Waals surface area (Å²) in [6, 6.07) is 2.86. The van der Waals surface area contributed by atoms with E-state index in [1.807, 2.05) is 0 Å². The van der Waals surface area contributed by atoms with E-state index in [1.165, 1.54) is 19.2 Å². The topological polar surface area (TPSA) is 75.6 Å². The molecule has 0 amide bonds. The highest BCUT2D eigenvalue weighted by molar-refractivity contribution is 7.73. The fourth-order valence-corrected chi connectivity index (χ4v) is 1.46. The zero-order valence-electron chi connectivity index (χ0n) is 7.77. The smallest absolute Gasteiger partial charge is 0.222 e. The molecule has 0 aliphatic carbocycles. The summed E-state index contributed by atoms with van der Waals surface area (Å²) in [5, 5.41) is 9.37. The van der Waals surface area contributed by atoms with Crippen molar-refractivity contribution in [1.29, 1.82) is 0 Å². The summed E-state index contributed by atoms with van der Waals surface area (Å²) >= 11 is 0. The first-order valence-electron chi connectivity index (χ1n) is 3.83. The molecule has 0 saturated carbocycles. The molecule has 0 atom stereocenters. The molecule has 0 fully saturated rings.